The molecule has 178 valence electrons. The molecule has 0 spiro atoms. The van der Waals surface area contributed by atoms with Crippen molar-refractivity contribution in [1.82, 2.24) is 5.43 Å². The third kappa shape index (κ3) is 7.40. The molecule has 0 saturated heterocycles. The summed E-state index contributed by atoms with van der Waals surface area (Å²) in [6, 6.07) is 17.6. The molecule has 1 N–H and O–H groups in total. The standard InChI is InChI=1S/C26H26Cl2N2O4/c1-3-12-33-24-10-8-19(15-25(24)32-4-2)26(31)30-29-16-20-14-22(28)9-11-23(20)34-17-18-6-5-7-21(27)13-18/h5-11,13-16H,3-4,12,17H2,1-2H3,(H,30,31)/b29-16+. The number of carbonyl (C=O) groups excluding carboxylic acids is 1. The van der Waals surface area contributed by atoms with Crippen molar-refractivity contribution < 1.29 is 19.0 Å². The Labute approximate surface area is 209 Å². The monoisotopic (exact) mass is 500 g/mol. The number of halogens is 2. The molecule has 34 heavy (non-hydrogen) atoms. The number of benzene rings is 3. The van der Waals surface area contributed by atoms with E-state index in [4.69, 9.17) is 37.4 Å². The quantitative estimate of drug-likeness (QED) is 0.240. The highest BCUT2D eigenvalue weighted by Gasteiger charge is 2.11. The van der Waals surface area contributed by atoms with Gasteiger partial charge < -0.3 is 14.2 Å². The van der Waals surface area contributed by atoms with E-state index < -0.39 is 0 Å². The van der Waals surface area contributed by atoms with Crippen LogP contribution in [0.5, 0.6) is 17.2 Å². The van der Waals surface area contributed by atoms with Gasteiger partial charge in [-0.1, -0.05) is 42.3 Å². The Hall–Kier alpha value is -3.22. The van der Waals surface area contributed by atoms with Gasteiger partial charge in [0.2, 0.25) is 0 Å². The molecule has 0 unspecified atom stereocenters. The van der Waals surface area contributed by atoms with E-state index in [0.717, 1.165) is 12.0 Å². The predicted octanol–water partition coefficient (Wildman–Crippen LogP) is 6.52. The fourth-order valence-corrected chi connectivity index (χ4v) is 3.41. The number of hydrogen-bond acceptors (Lipinski definition) is 5. The minimum absolute atomic E-state index is 0.321. The van der Waals surface area contributed by atoms with E-state index >= 15 is 0 Å². The van der Waals surface area contributed by atoms with Crippen molar-refractivity contribution in [2.45, 2.75) is 26.9 Å². The summed E-state index contributed by atoms with van der Waals surface area (Å²) in [4.78, 5) is 12.6. The van der Waals surface area contributed by atoms with Crippen LogP contribution in [0.2, 0.25) is 10.0 Å². The van der Waals surface area contributed by atoms with Crippen LogP contribution >= 0.6 is 23.2 Å². The smallest absolute Gasteiger partial charge is 0.271 e. The zero-order valence-electron chi connectivity index (χ0n) is 19.0. The molecule has 0 atom stereocenters. The molecule has 0 aliphatic rings. The minimum Gasteiger partial charge on any atom is -0.490 e. The Balaban J connectivity index is 1.69. The van der Waals surface area contributed by atoms with Gasteiger partial charge in [0, 0.05) is 21.2 Å². The summed E-state index contributed by atoms with van der Waals surface area (Å²) in [6.07, 6.45) is 2.36. The molecule has 0 aliphatic heterocycles. The number of amides is 1. The molecule has 0 saturated carbocycles. The second-order valence-corrected chi connectivity index (χ2v) is 8.12. The summed E-state index contributed by atoms with van der Waals surface area (Å²) < 4.78 is 17.2. The van der Waals surface area contributed by atoms with Gasteiger partial charge in [-0.2, -0.15) is 5.10 Å². The first kappa shape index (κ1) is 25.4. The molecule has 8 heteroatoms. The maximum absolute atomic E-state index is 12.6. The van der Waals surface area contributed by atoms with Gasteiger partial charge in [-0.3, -0.25) is 4.79 Å². The molecule has 0 aromatic heterocycles. The minimum atomic E-state index is -0.386. The SMILES string of the molecule is CCCOc1ccc(C(=O)N/N=C/c2cc(Cl)ccc2OCc2cccc(Cl)c2)cc1OCC. The van der Waals surface area contributed by atoms with Gasteiger partial charge in [0.25, 0.3) is 5.91 Å². The Morgan fingerprint density at radius 2 is 1.71 bits per heavy atom. The van der Waals surface area contributed by atoms with E-state index in [1.54, 1.807) is 42.5 Å². The summed E-state index contributed by atoms with van der Waals surface area (Å²) >= 11 is 12.2. The van der Waals surface area contributed by atoms with Crippen LogP contribution in [0, 0.1) is 0 Å². The normalized spacial score (nSPS) is 10.8. The number of carbonyl (C=O) groups is 1. The van der Waals surface area contributed by atoms with Crippen LogP contribution in [0.3, 0.4) is 0 Å². The fraction of sp³-hybridized carbons (Fsp3) is 0.231. The maximum Gasteiger partial charge on any atom is 0.271 e. The zero-order valence-corrected chi connectivity index (χ0v) is 20.5. The van der Waals surface area contributed by atoms with Crippen molar-refractivity contribution >= 4 is 35.3 Å². The van der Waals surface area contributed by atoms with Gasteiger partial charge in [-0.05, 0) is 67.4 Å². The van der Waals surface area contributed by atoms with E-state index in [0.29, 0.717) is 58.2 Å². The molecule has 3 aromatic rings. The van der Waals surface area contributed by atoms with Gasteiger partial charge in [-0.25, -0.2) is 5.43 Å². The van der Waals surface area contributed by atoms with Crippen LogP contribution in [0.15, 0.2) is 65.8 Å². The van der Waals surface area contributed by atoms with E-state index in [2.05, 4.69) is 10.5 Å². The topological polar surface area (TPSA) is 69.2 Å². The van der Waals surface area contributed by atoms with Gasteiger partial charge in [0.1, 0.15) is 12.4 Å². The van der Waals surface area contributed by atoms with E-state index in [1.807, 2.05) is 32.0 Å². The van der Waals surface area contributed by atoms with Crippen molar-refractivity contribution in [3.05, 3.63) is 87.4 Å². The second kappa shape index (κ2) is 12.9. The van der Waals surface area contributed by atoms with Crippen LogP contribution < -0.4 is 19.6 Å². The largest absolute Gasteiger partial charge is 0.490 e. The third-order valence-electron chi connectivity index (χ3n) is 4.59. The molecular formula is C26H26Cl2N2O4. The first-order chi connectivity index (χ1) is 16.5. The second-order valence-electron chi connectivity index (χ2n) is 7.24. The lowest BCUT2D eigenvalue weighted by Crippen LogP contribution is -2.18. The Kier molecular flexibility index (Phi) is 9.62. The van der Waals surface area contributed by atoms with Gasteiger partial charge >= 0.3 is 0 Å². The summed E-state index contributed by atoms with van der Waals surface area (Å²) in [6.45, 7) is 5.24. The van der Waals surface area contributed by atoms with Gasteiger partial charge in [0.15, 0.2) is 11.5 Å². The van der Waals surface area contributed by atoms with Crippen molar-refractivity contribution in [3.8, 4) is 17.2 Å². The summed E-state index contributed by atoms with van der Waals surface area (Å²) in [5, 5.41) is 5.24. The number of nitrogens with zero attached hydrogens (tertiary/aromatic N) is 1. The van der Waals surface area contributed by atoms with Crippen LogP contribution in [0.25, 0.3) is 0 Å². The number of nitrogens with one attached hydrogen (secondary N) is 1. The predicted molar refractivity (Wildman–Crippen MR) is 136 cm³/mol. The zero-order chi connectivity index (χ0) is 24.3. The van der Waals surface area contributed by atoms with Crippen LogP contribution in [0.4, 0.5) is 0 Å². The summed E-state index contributed by atoms with van der Waals surface area (Å²) in [5.41, 5.74) is 4.47. The number of hydrazone groups is 1. The highest BCUT2D eigenvalue weighted by Crippen LogP contribution is 2.29. The highest BCUT2D eigenvalue weighted by atomic mass is 35.5. The molecule has 0 aliphatic carbocycles. The van der Waals surface area contributed by atoms with Crippen LogP contribution in [-0.2, 0) is 6.61 Å². The lowest BCUT2D eigenvalue weighted by atomic mass is 10.2. The lowest BCUT2D eigenvalue weighted by molar-refractivity contribution is 0.0954. The molecule has 0 radical (unpaired) electrons. The number of hydrogen-bond donors (Lipinski definition) is 1. The molecule has 0 fully saturated rings. The Morgan fingerprint density at radius 1 is 0.912 bits per heavy atom. The van der Waals surface area contributed by atoms with Crippen molar-refractivity contribution in [3.63, 3.8) is 0 Å². The number of rotatable bonds is 11. The number of ether oxygens (including phenoxy) is 3. The fourth-order valence-electron chi connectivity index (χ4n) is 3.01. The van der Waals surface area contributed by atoms with E-state index in [9.17, 15) is 4.79 Å². The van der Waals surface area contributed by atoms with Crippen molar-refractivity contribution in [2.75, 3.05) is 13.2 Å². The average Bonchev–Trinajstić information content (AvgIpc) is 2.83. The molecule has 0 bridgehead atoms. The molecular weight excluding hydrogens is 475 g/mol. The van der Waals surface area contributed by atoms with E-state index in [1.165, 1.54) is 6.21 Å². The van der Waals surface area contributed by atoms with Crippen LogP contribution in [0.1, 0.15) is 41.8 Å². The third-order valence-corrected chi connectivity index (χ3v) is 5.06. The first-order valence-electron chi connectivity index (χ1n) is 10.9. The molecule has 6 nitrogen and oxygen atoms in total. The maximum atomic E-state index is 12.6. The van der Waals surface area contributed by atoms with E-state index in [-0.39, 0.29) is 5.91 Å². The van der Waals surface area contributed by atoms with Crippen molar-refractivity contribution in [1.29, 1.82) is 0 Å². The summed E-state index contributed by atoms with van der Waals surface area (Å²) in [5.74, 6) is 1.30. The molecule has 0 heterocycles. The van der Waals surface area contributed by atoms with Crippen molar-refractivity contribution in [2.24, 2.45) is 5.10 Å². The highest BCUT2D eigenvalue weighted by molar-refractivity contribution is 6.31. The van der Waals surface area contributed by atoms with Gasteiger partial charge in [0.05, 0.1) is 19.4 Å². The first-order valence-corrected chi connectivity index (χ1v) is 11.7. The average molecular weight is 501 g/mol. The molecule has 1 amide bonds. The molecule has 3 rings (SSSR count). The van der Waals surface area contributed by atoms with Crippen LogP contribution in [-0.4, -0.2) is 25.3 Å². The summed E-state index contributed by atoms with van der Waals surface area (Å²) in [7, 11) is 0. The molecule has 3 aromatic carbocycles. The Bertz CT molecular complexity index is 1150. The van der Waals surface area contributed by atoms with Gasteiger partial charge in [-0.15, -0.1) is 0 Å². The lowest BCUT2D eigenvalue weighted by Gasteiger charge is -2.12. The Morgan fingerprint density at radius 3 is 2.47 bits per heavy atom.